The first-order valence-electron chi connectivity index (χ1n) is 9.78. The Morgan fingerprint density at radius 2 is 1.48 bits per heavy atom. The molecule has 0 spiro atoms. The quantitative estimate of drug-likeness (QED) is 0.436. The molecule has 2 atom stereocenters. The Hall–Kier alpha value is 0. The van der Waals surface area contributed by atoms with Crippen LogP contribution in [0.2, 0.25) is 0 Å². The molecule has 0 nitrogen and oxygen atoms in total. The van der Waals surface area contributed by atoms with Gasteiger partial charge in [-0.15, -0.1) is 0 Å². The van der Waals surface area contributed by atoms with Gasteiger partial charge in [0.2, 0.25) is 0 Å². The Morgan fingerprint density at radius 3 is 1.95 bits per heavy atom. The zero-order valence-electron chi connectivity index (χ0n) is 15.9. The average molecular weight is 295 g/mol. The van der Waals surface area contributed by atoms with E-state index in [9.17, 15) is 0 Å². The van der Waals surface area contributed by atoms with Crippen molar-refractivity contribution in [2.45, 2.75) is 112 Å². The van der Waals surface area contributed by atoms with Crippen LogP contribution in [-0.2, 0) is 0 Å². The lowest BCUT2D eigenvalue weighted by Crippen LogP contribution is -2.32. The van der Waals surface area contributed by atoms with E-state index in [4.69, 9.17) is 0 Å². The van der Waals surface area contributed by atoms with Crippen molar-refractivity contribution in [2.24, 2.45) is 22.7 Å². The second-order valence-electron chi connectivity index (χ2n) is 9.26. The molecule has 0 heteroatoms. The van der Waals surface area contributed by atoms with Crippen molar-refractivity contribution in [1.29, 1.82) is 0 Å². The molecule has 0 amide bonds. The highest BCUT2D eigenvalue weighted by molar-refractivity contribution is 4.88. The zero-order chi connectivity index (χ0) is 15.9. The van der Waals surface area contributed by atoms with Crippen LogP contribution >= 0.6 is 0 Å². The highest BCUT2D eigenvalue weighted by Crippen LogP contribution is 2.48. The Labute approximate surface area is 135 Å². The van der Waals surface area contributed by atoms with E-state index >= 15 is 0 Å². The summed E-state index contributed by atoms with van der Waals surface area (Å²) < 4.78 is 0. The predicted molar refractivity (Wildman–Crippen MR) is 96.7 cm³/mol. The van der Waals surface area contributed by atoms with Gasteiger partial charge in [-0.2, -0.15) is 0 Å². The summed E-state index contributed by atoms with van der Waals surface area (Å²) in [6.45, 7) is 14.4. The number of rotatable bonds is 1. The first-order valence-corrected chi connectivity index (χ1v) is 9.78. The number of hydrogen-bond acceptors (Lipinski definition) is 0. The van der Waals surface area contributed by atoms with E-state index in [-0.39, 0.29) is 0 Å². The lowest BCUT2D eigenvalue weighted by atomic mass is 9.64. The van der Waals surface area contributed by atoms with Crippen LogP contribution in [0.4, 0.5) is 0 Å². The molecule has 0 saturated heterocycles. The van der Waals surface area contributed by atoms with Gasteiger partial charge in [-0.1, -0.05) is 99.3 Å². The van der Waals surface area contributed by atoms with Gasteiger partial charge in [0.1, 0.15) is 0 Å². The third kappa shape index (κ3) is 6.33. The maximum absolute atomic E-state index is 2.49. The van der Waals surface area contributed by atoms with Gasteiger partial charge in [0, 0.05) is 0 Å². The fraction of sp³-hybridized carbons (Fsp3) is 1.00. The van der Waals surface area contributed by atoms with E-state index in [1.807, 2.05) is 0 Å². The zero-order valence-corrected chi connectivity index (χ0v) is 15.9. The molecular formula is C21H42. The first-order chi connectivity index (χ1) is 9.78. The molecule has 0 aromatic heterocycles. The van der Waals surface area contributed by atoms with Crippen molar-refractivity contribution < 1.29 is 0 Å². The minimum absolute atomic E-state index is 0.483. The lowest BCUT2D eigenvalue weighted by molar-refractivity contribution is 0.0866. The summed E-state index contributed by atoms with van der Waals surface area (Å²) in [5.41, 5.74) is 1.06. The van der Waals surface area contributed by atoms with Gasteiger partial charge in [-0.3, -0.25) is 0 Å². The summed E-state index contributed by atoms with van der Waals surface area (Å²) in [5.74, 6) is 2.05. The molecule has 0 aromatic rings. The smallest absolute Gasteiger partial charge is 0.0277 e. The monoisotopic (exact) mass is 294 g/mol. The van der Waals surface area contributed by atoms with Gasteiger partial charge in [-0.05, 0) is 35.5 Å². The second kappa shape index (κ2) is 8.59. The molecule has 2 unspecified atom stereocenters. The third-order valence-corrected chi connectivity index (χ3v) is 6.73. The van der Waals surface area contributed by atoms with E-state index in [0.717, 1.165) is 11.8 Å². The summed E-state index contributed by atoms with van der Waals surface area (Å²) in [4.78, 5) is 0. The summed E-state index contributed by atoms with van der Waals surface area (Å²) >= 11 is 0. The summed E-state index contributed by atoms with van der Waals surface area (Å²) in [6, 6.07) is 0. The molecule has 126 valence electrons. The minimum atomic E-state index is 0.483. The Balaban J connectivity index is 0.000000235. The van der Waals surface area contributed by atoms with Crippen molar-refractivity contribution in [3.63, 3.8) is 0 Å². The van der Waals surface area contributed by atoms with Gasteiger partial charge in [0.25, 0.3) is 0 Å². The second-order valence-corrected chi connectivity index (χ2v) is 9.26. The molecule has 0 heterocycles. The molecule has 0 radical (unpaired) electrons. The van der Waals surface area contributed by atoms with Gasteiger partial charge >= 0.3 is 0 Å². The fourth-order valence-electron chi connectivity index (χ4n) is 4.02. The predicted octanol–water partition coefficient (Wildman–Crippen LogP) is 7.62. The lowest BCUT2D eigenvalue weighted by Gasteiger charge is -2.42. The fourth-order valence-corrected chi connectivity index (χ4v) is 4.02. The largest absolute Gasteiger partial charge is 0.0651 e. The highest BCUT2D eigenvalue weighted by atomic mass is 14.4. The van der Waals surface area contributed by atoms with Gasteiger partial charge in [0.15, 0.2) is 0 Å². The standard InChI is InChI=1S/C13H26.C8H16/c1-11-7-6-9-13(5,10-8-11)12(2,3)4;1-2-8-6-4-3-5-7-8/h11H,6-10H2,1-5H3;8H,2-7H2,1H3. The summed E-state index contributed by atoms with van der Waals surface area (Å²) in [5, 5.41) is 0. The van der Waals surface area contributed by atoms with Crippen molar-refractivity contribution in [1.82, 2.24) is 0 Å². The van der Waals surface area contributed by atoms with Crippen LogP contribution in [0.1, 0.15) is 112 Å². The maximum Gasteiger partial charge on any atom is -0.0277 e. The topological polar surface area (TPSA) is 0 Å². The molecular weight excluding hydrogens is 252 g/mol. The molecule has 2 aliphatic carbocycles. The van der Waals surface area contributed by atoms with Crippen LogP contribution in [0.25, 0.3) is 0 Å². The van der Waals surface area contributed by atoms with Gasteiger partial charge < -0.3 is 0 Å². The molecule has 21 heavy (non-hydrogen) atoms. The summed E-state index contributed by atoms with van der Waals surface area (Å²) in [6.07, 6.45) is 16.1. The molecule has 2 fully saturated rings. The van der Waals surface area contributed by atoms with Crippen LogP contribution in [0.5, 0.6) is 0 Å². The third-order valence-electron chi connectivity index (χ3n) is 6.73. The highest BCUT2D eigenvalue weighted by Gasteiger charge is 2.37. The SMILES string of the molecule is CC1CCCC(C)(C(C)(C)C)CC1.CCC1CCCCC1. The van der Waals surface area contributed by atoms with Gasteiger partial charge in [0.05, 0.1) is 0 Å². The molecule has 2 aliphatic rings. The van der Waals surface area contributed by atoms with Crippen LogP contribution in [-0.4, -0.2) is 0 Å². The van der Waals surface area contributed by atoms with E-state index in [1.165, 1.54) is 70.6 Å². The molecule has 0 bridgehead atoms. The molecule has 0 aliphatic heterocycles. The molecule has 2 rings (SSSR count). The normalized spacial score (nSPS) is 32.0. The van der Waals surface area contributed by atoms with Gasteiger partial charge in [-0.25, -0.2) is 0 Å². The average Bonchev–Trinajstić information content (AvgIpc) is 2.63. The minimum Gasteiger partial charge on any atom is -0.0651 e. The van der Waals surface area contributed by atoms with Crippen LogP contribution < -0.4 is 0 Å². The van der Waals surface area contributed by atoms with Crippen LogP contribution in [0.3, 0.4) is 0 Å². The van der Waals surface area contributed by atoms with E-state index in [1.54, 1.807) is 0 Å². The molecule has 2 saturated carbocycles. The summed E-state index contributed by atoms with van der Waals surface area (Å²) in [7, 11) is 0. The molecule has 0 aromatic carbocycles. The van der Waals surface area contributed by atoms with Crippen molar-refractivity contribution in [3.8, 4) is 0 Å². The first kappa shape index (κ1) is 19.0. The van der Waals surface area contributed by atoms with E-state index in [2.05, 4.69) is 41.5 Å². The van der Waals surface area contributed by atoms with Crippen LogP contribution in [0.15, 0.2) is 0 Å². The van der Waals surface area contributed by atoms with Crippen molar-refractivity contribution in [3.05, 3.63) is 0 Å². The Morgan fingerprint density at radius 1 is 0.857 bits per heavy atom. The molecule has 0 N–H and O–H groups in total. The van der Waals surface area contributed by atoms with Crippen molar-refractivity contribution >= 4 is 0 Å². The van der Waals surface area contributed by atoms with E-state index < -0.39 is 0 Å². The van der Waals surface area contributed by atoms with Crippen LogP contribution in [0, 0.1) is 22.7 Å². The van der Waals surface area contributed by atoms with Crippen molar-refractivity contribution in [2.75, 3.05) is 0 Å². The maximum atomic E-state index is 2.49. The Bertz CT molecular complexity index is 266. The van der Waals surface area contributed by atoms with E-state index in [0.29, 0.717) is 10.8 Å². The number of hydrogen-bond donors (Lipinski definition) is 0. The Kier molecular flexibility index (Phi) is 7.79.